The Kier molecular flexibility index (Phi) is 6.51. The third kappa shape index (κ3) is 4.74. The van der Waals surface area contributed by atoms with Gasteiger partial charge in [0.25, 0.3) is 5.89 Å². The molecule has 3 aromatic carbocycles. The maximum atomic E-state index is 13.3. The lowest BCUT2D eigenvalue weighted by molar-refractivity contribution is 0.470. The summed E-state index contributed by atoms with van der Waals surface area (Å²) in [5, 5.41) is 15.1. The number of rotatable bonds is 6. The smallest absolute Gasteiger partial charge is 0.269 e. The van der Waals surface area contributed by atoms with Crippen molar-refractivity contribution in [2.24, 2.45) is 0 Å². The van der Waals surface area contributed by atoms with Crippen LogP contribution in [0.3, 0.4) is 0 Å². The van der Waals surface area contributed by atoms with E-state index in [0.717, 1.165) is 24.7 Å². The molecule has 0 aliphatic heterocycles. The molecule has 6 rings (SSSR count). The third-order valence-electron chi connectivity index (χ3n) is 6.65. The van der Waals surface area contributed by atoms with Gasteiger partial charge in [-0.2, -0.15) is 5.10 Å². The molecule has 0 N–H and O–H groups in total. The van der Waals surface area contributed by atoms with Crippen LogP contribution in [0.4, 0.5) is 0 Å². The minimum absolute atomic E-state index is 0.0131. The second kappa shape index (κ2) is 9.64. The average Bonchev–Trinajstić information content (AvgIpc) is 3.35. The zero-order chi connectivity index (χ0) is 27.5. The molecule has 0 spiro atoms. The fourth-order valence-corrected chi connectivity index (χ4v) is 6.39. The van der Waals surface area contributed by atoms with Crippen molar-refractivity contribution in [3.05, 3.63) is 98.3 Å². The van der Waals surface area contributed by atoms with Crippen LogP contribution in [0.15, 0.2) is 76.0 Å². The highest BCUT2D eigenvalue weighted by Crippen LogP contribution is 2.53. The molecule has 1 saturated carbocycles. The molecule has 12 heteroatoms. The summed E-state index contributed by atoms with van der Waals surface area (Å²) < 4.78 is 34.2. The molecule has 39 heavy (non-hydrogen) atoms. The van der Waals surface area contributed by atoms with Crippen LogP contribution >= 0.6 is 46.4 Å². The van der Waals surface area contributed by atoms with E-state index < -0.39 is 15.3 Å². The topological polar surface area (TPSA) is 90.9 Å². The number of hydrogen-bond donors (Lipinski definition) is 0. The summed E-state index contributed by atoms with van der Waals surface area (Å²) in [6.45, 7) is 0. The summed E-state index contributed by atoms with van der Waals surface area (Å²) in [4.78, 5) is -0.0811. The van der Waals surface area contributed by atoms with Crippen molar-refractivity contribution >= 4 is 56.2 Å². The summed E-state index contributed by atoms with van der Waals surface area (Å²) in [6.07, 6.45) is 2.72. The molecule has 0 unspecified atom stereocenters. The van der Waals surface area contributed by atoms with Crippen molar-refractivity contribution in [3.8, 4) is 28.5 Å². The Morgan fingerprint density at radius 3 is 2.05 bits per heavy atom. The Morgan fingerprint density at radius 2 is 1.46 bits per heavy atom. The minimum Gasteiger partial charge on any atom is -0.418 e. The highest BCUT2D eigenvalue weighted by atomic mass is 35.5. The molecule has 0 saturated heterocycles. The maximum Gasteiger partial charge on any atom is 0.269 e. The molecule has 1 aliphatic carbocycles. The Bertz CT molecular complexity index is 1830. The van der Waals surface area contributed by atoms with Gasteiger partial charge in [-0.3, -0.25) is 0 Å². The molecule has 0 bridgehead atoms. The summed E-state index contributed by atoms with van der Waals surface area (Å²) in [5.41, 5.74) is 1.78. The van der Waals surface area contributed by atoms with Crippen LogP contribution in [0.5, 0.6) is 0 Å². The molecule has 7 nitrogen and oxygen atoms in total. The number of nitrogens with zero attached hydrogens (tertiary/aromatic N) is 4. The summed E-state index contributed by atoms with van der Waals surface area (Å²) >= 11 is 24.9. The van der Waals surface area contributed by atoms with Crippen molar-refractivity contribution in [1.29, 1.82) is 0 Å². The molecule has 2 heterocycles. The van der Waals surface area contributed by atoms with Gasteiger partial charge < -0.3 is 4.42 Å². The standard InChI is InChI=1S/C27H18Cl4N4O3S/c1-39(36,37)24-22(25-32-33-26(38-25)27(12-13-27)16-4-8-18(29)9-5-16)34-35(21-11-10-19(30)14-20(21)31)23(24)15-2-6-17(28)7-3-15/h2-11,14H,12-13H2,1H3. The van der Waals surface area contributed by atoms with Crippen LogP contribution in [-0.4, -0.2) is 34.7 Å². The molecule has 0 atom stereocenters. The number of hydrogen-bond acceptors (Lipinski definition) is 6. The van der Waals surface area contributed by atoms with Gasteiger partial charge in [-0.1, -0.05) is 70.7 Å². The largest absolute Gasteiger partial charge is 0.418 e. The lowest BCUT2D eigenvalue weighted by Crippen LogP contribution is -2.08. The fourth-order valence-electron chi connectivity index (χ4n) is 4.62. The first-order valence-corrected chi connectivity index (χ1v) is 15.1. The number of halogens is 4. The van der Waals surface area contributed by atoms with E-state index in [4.69, 9.17) is 50.8 Å². The Balaban J connectivity index is 1.58. The van der Waals surface area contributed by atoms with Crippen molar-refractivity contribution in [1.82, 2.24) is 20.0 Å². The van der Waals surface area contributed by atoms with E-state index in [1.54, 1.807) is 42.5 Å². The molecular formula is C27H18Cl4N4O3S. The SMILES string of the molecule is CS(=O)(=O)c1c(-c2nnc(C3(c4ccc(Cl)cc4)CC3)o2)nn(-c2ccc(Cl)cc2Cl)c1-c1ccc(Cl)cc1. The van der Waals surface area contributed by atoms with Crippen LogP contribution in [0, 0.1) is 0 Å². The number of benzene rings is 3. The monoisotopic (exact) mass is 618 g/mol. The van der Waals surface area contributed by atoms with Crippen molar-refractivity contribution < 1.29 is 12.8 Å². The Morgan fingerprint density at radius 1 is 0.846 bits per heavy atom. The lowest BCUT2D eigenvalue weighted by Gasteiger charge is -2.11. The van der Waals surface area contributed by atoms with Crippen molar-refractivity contribution in [3.63, 3.8) is 0 Å². The van der Waals surface area contributed by atoms with Gasteiger partial charge in [-0.15, -0.1) is 10.2 Å². The molecule has 5 aromatic rings. The van der Waals surface area contributed by atoms with E-state index in [1.807, 2.05) is 24.3 Å². The quantitative estimate of drug-likeness (QED) is 0.193. The lowest BCUT2D eigenvalue weighted by atomic mass is 9.96. The van der Waals surface area contributed by atoms with Crippen LogP contribution in [-0.2, 0) is 15.3 Å². The van der Waals surface area contributed by atoms with Gasteiger partial charge in [0.2, 0.25) is 5.89 Å². The van der Waals surface area contributed by atoms with Gasteiger partial charge in [0.15, 0.2) is 15.5 Å². The van der Waals surface area contributed by atoms with Crippen LogP contribution in [0.1, 0.15) is 24.3 Å². The first-order chi connectivity index (χ1) is 18.6. The van der Waals surface area contributed by atoms with E-state index in [1.165, 1.54) is 4.68 Å². The van der Waals surface area contributed by atoms with Gasteiger partial charge in [0.05, 0.1) is 21.8 Å². The second-order valence-electron chi connectivity index (χ2n) is 9.31. The highest BCUT2D eigenvalue weighted by Gasteiger charge is 2.51. The fraction of sp³-hybridized carbons (Fsp3) is 0.148. The van der Waals surface area contributed by atoms with Crippen molar-refractivity contribution in [2.75, 3.05) is 6.26 Å². The van der Waals surface area contributed by atoms with Crippen LogP contribution in [0.2, 0.25) is 20.1 Å². The maximum absolute atomic E-state index is 13.3. The first-order valence-electron chi connectivity index (χ1n) is 11.7. The normalized spacial score (nSPS) is 14.5. The molecule has 1 fully saturated rings. The number of aromatic nitrogens is 4. The van der Waals surface area contributed by atoms with Gasteiger partial charge in [-0.25, -0.2) is 13.1 Å². The third-order valence-corrected chi connectivity index (χ3v) is 8.82. The van der Waals surface area contributed by atoms with E-state index in [9.17, 15) is 8.42 Å². The summed E-state index contributed by atoms with van der Waals surface area (Å²) in [7, 11) is -3.87. The molecule has 1 aliphatic rings. The molecule has 0 amide bonds. The second-order valence-corrected chi connectivity index (χ2v) is 13.0. The van der Waals surface area contributed by atoms with Crippen molar-refractivity contribution in [2.45, 2.75) is 23.2 Å². The van der Waals surface area contributed by atoms with Gasteiger partial charge in [0, 0.05) is 26.9 Å². The average molecular weight is 620 g/mol. The number of sulfone groups is 1. The predicted molar refractivity (Wildman–Crippen MR) is 152 cm³/mol. The molecule has 198 valence electrons. The van der Waals surface area contributed by atoms with Gasteiger partial charge in [-0.05, 0) is 60.9 Å². The minimum atomic E-state index is -3.87. The van der Waals surface area contributed by atoms with E-state index in [-0.39, 0.29) is 27.2 Å². The molecule has 2 aromatic heterocycles. The summed E-state index contributed by atoms with van der Waals surface area (Å²) in [5.74, 6) is 0.358. The zero-order valence-corrected chi connectivity index (χ0v) is 24.0. The molecule has 0 radical (unpaired) electrons. The van der Waals surface area contributed by atoms with E-state index in [2.05, 4.69) is 15.3 Å². The van der Waals surface area contributed by atoms with Gasteiger partial charge >= 0.3 is 0 Å². The first kappa shape index (κ1) is 26.3. The van der Waals surface area contributed by atoms with E-state index in [0.29, 0.717) is 32.2 Å². The predicted octanol–water partition coefficient (Wildman–Crippen LogP) is 7.69. The Labute approximate surface area is 244 Å². The highest BCUT2D eigenvalue weighted by molar-refractivity contribution is 7.91. The summed E-state index contributed by atoms with van der Waals surface area (Å²) in [6, 6.07) is 19.1. The zero-order valence-electron chi connectivity index (χ0n) is 20.2. The van der Waals surface area contributed by atoms with Crippen LogP contribution in [0.25, 0.3) is 28.5 Å². The van der Waals surface area contributed by atoms with Crippen LogP contribution < -0.4 is 0 Å². The van der Waals surface area contributed by atoms with Gasteiger partial charge in [0.1, 0.15) is 4.90 Å². The van der Waals surface area contributed by atoms with E-state index >= 15 is 0 Å². The molecular weight excluding hydrogens is 602 g/mol. The Hall–Kier alpha value is -2.88.